The molecule has 0 saturated carbocycles. The maximum Gasteiger partial charge on any atom is 0.389 e. The second kappa shape index (κ2) is 6.15. The molecule has 1 aromatic rings. The fourth-order valence-corrected chi connectivity index (χ4v) is 2.46. The molecule has 2 heterocycles. The zero-order valence-corrected chi connectivity index (χ0v) is 11.1. The SMILES string of the molecule is FC(F)(F)CC[C@@H](c1ccc(Cl)o1)N1CCNCC1. The Bertz CT molecular complexity index is 402. The molecule has 19 heavy (non-hydrogen) atoms. The maximum atomic E-state index is 12.4. The maximum absolute atomic E-state index is 12.4. The van der Waals surface area contributed by atoms with Crippen LogP contribution in [0, 0.1) is 0 Å². The first-order valence-electron chi connectivity index (χ1n) is 6.22. The van der Waals surface area contributed by atoms with Gasteiger partial charge in [0.05, 0.1) is 6.04 Å². The van der Waals surface area contributed by atoms with Crippen LogP contribution in [0.5, 0.6) is 0 Å². The smallest absolute Gasteiger partial charge is 0.389 e. The summed E-state index contributed by atoms with van der Waals surface area (Å²) in [4.78, 5) is 2.01. The van der Waals surface area contributed by atoms with Crippen LogP contribution < -0.4 is 5.32 Å². The van der Waals surface area contributed by atoms with E-state index in [1.54, 1.807) is 12.1 Å². The molecule has 0 amide bonds. The van der Waals surface area contributed by atoms with Crippen LogP contribution in [0.4, 0.5) is 13.2 Å². The average molecular weight is 297 g/mol. The van der Waals surface area contributed by atoms with E-state index in [-0.39, 0.29) is 17.7 Å². The lowest BCUT2D eigenvalue weighted by molar-refractivity contribution is -0.138. The zero-order chi connectivity index (χ0) is 13.9. The van der Waals surface area contributed by atoms with Gasteiger partial charge in [-0.15, -0.1) is 0 Å². The van der Waals surface area contributed by atoms with Gasteiger partial charge >= 0.3 is 6.18 Å². The molecule has 1 N–H and O–H groups in total. The van der Waals surface area contributed by atoms with Gasteiger partial charge in [-0.1, -0.05) is 0 Å². The monoisotopic (exact) mass is 296 g/mol. The van der Waals surface area contributed by atoms with Gasteiger partial charge < -0.3 is 9.73 Å². The van der Waals surface area contributed by atoms with Crippen molar-refractivity contribution in [2.45, 2.75) is 25.1 Å². The Hall–Kier alpha value is -0.720. The van der Waals surface area contributed by atoms with Crippen molar-refractivity contribution in [3.63, 3.8) is 0 Å². The van der Waals surface area contributed by atoms with Gasteiger partial charge in [-0.2, -0.15) is 13.2 Å². The summed E-state index contributed by atoms with van der Waals surface area (Å²) in [7, 11) is 0. The molecular weight excluding hydrogens is 281 g/mol. The van der Waals surface area contributed by atoms with E-state index in [1.165, 1.54) is 0 Å². The summed E-state index contributed by atoms with van der Waals surface area (Å²) >= 11 is 5.71. The fourth-order valence-electron chi connectivity index (χ4n) is 2.31. The van der Waals surface area contributed by atoms with Gasteiger partial charge in [-0.25, -0.2) is 0 Å². The van der Waals surface area contributed by atoms with E-state index in [4.69, 9.17) is 16.0 Å². The minimum absolute atomic E-state index is 0.00660. The molecule has 1 aliphatic heterocycles. The van der Waals surface area contributed by atoms with Crippen molar-refractivity contribution >= 4 is 11.6 Å². The molecule has 0 aliphatic carbocycles. The zero-order valence-electron chi connectivity index (χ0n) is 10.3. The summed E-state index contributed by atoms with van der Waals surface area (Å²) in [6, 6.07) is 2.86. The van der Waals surface area contributed by atoms with Crippen LogP contribution in [0.1, 0.15) is 24.6 Å². The average Bonchev–Trinajstić information content (AvgIpc) is 2.76. The number of hydrogen-bond donors (Lipinski definition) is 1. The number of furan rings is 1. The van der Waals surface area contributed by atoms with Gasteiger partial charge in [0.25, 0.3) is 0 Å². The molecule has 7 heteroatoms. The highest BCUT2D eigenvalue weighted by Crippen LogP contribution is 2.33. The molecule has 108 valence electrons. The third-order valence-electron chi connectivity index (χ3n) is 3.22. The summed E-state index contributed by atoms with van der Waals surface area (Å²) in [5, 5.41) is 3.39. The van der Waals surface area contributed by atoms with Crippen molar-refractivity contribution < 1.29 is 17.6 Å². The Morgan fingerprint density at radius 1 is 1.32 bits per heavy atom. The number of halogens is 4. The van der Waals surface area contributed by atoms with E-state index in [0.717, 1.165) is 13.1 Å². The second-order valence-electron chi connectivity index (χ2n) is 4.60. The van der Waals surface area contributed by atoms with Crippen LogP contribution in [0.2, 0.25) is 5.22 Å². The molecular formula is C12H16ClF3N2O. The number of rotatable bonds is 4. The van der Waals surface area contributed by atoms with Crippen LogP contribution >= 0.6 is 11.6 Å². The molecule has 0 spiro atoms. The summed E-state index contributed by atoms with van der Waals surface area (Å²) in [6.45, 7) is 2.97. The third kappa shape index (κ3) is 4.40. The number of nitrogens with zero attached hydrogens (tertiary/aromatic N) is 1. The van der Waals surface area contributed by atoms with E-state index in [9.17, 15) is 13.2 Å². The van der Waals surface area contributed by atoms with Crippen molar-refractivity contribution in [1.82, 2.24) is 10.2 Å². The fraction of sp³-hybridized carbons (Fsp3) is 0.667. The first-order valence-corrected chi connectivity index (χ1v) is 6.60. The Labute approximate surface area is 114 Å². The van der Waals surface area contributed by atoms with Gasteiger partial charge in [0.1, 0.15) is 5.76 Å². The summed E-state index contributed by atoms with van der Waals surface area (Å²) in [6.07, 6.45) is -4.98. The second-order valence-corrected chi connectivity index (χ2v) is 4.97. The Kier molecular flexibility index (Phi) is 4.76. The van der Waals surface area contributed by atoms with E-state index >= 15 is 0 Å². The quantitative estimate of drug-likeness (QED) is 0.925. The highest BCUT2D eigenvalue weighted by molar-refractivity contribution is 6.28. The predicted octanol–water partition coefficient (Wildman–Crippen LogP) is 3.22. The molecule has 1 aliphatic rings. The van der Waals surface area contributed by atoms with Crippen LogP contribution in [-0.2, 0) is 0 Å². The van der Waals surface area contributed by atoms with Crippen LogP contribution in [0.3, 0.4) is 0 Å². The van der Waals surface area contributed by atoms with E-state index in [1.807, 2.05) is 4.90 Å². The standard InChI is InChI=1S/C12H16ClF3N2O/c13-11-2-1-10(19-11)9(3-4-12(14,15)16)18-7-5-17-6-8-18/h1-2,9,17H,3-8H2/t9-/m0/s1. The first-order chi connectivity index (χ1) is 8.96. The van der Waals surface area contributed by atoms with E-state index < -0.39 is 12.6 Å². The first kappa shape index (κ1) is 14.7. The summed E-state index contributed by atoms with van der Waals surface area (Å²) < 4.78 is 42.5. The topological polar surface area (TPSA) is 28.4 Å². The predicted molar refractivity (Wildman–Crippen MR) is 66.2 cm³/mol. The van der Waals surface area contributed by atoms with Gasteiger partial charge in [-0.05, 0) is 30.2 Å². The number of alkyl halides is 3. The lowest BCUT2D eigenvalue weighted by atomic mass is 10.1. The number of piperazine rings is 1. The third-order valence-corrected chi connectivity index (χ3v) is 3.42. The number of nitrogens with one attached hydrogen (secondary N) is 1. The van der Waals surface area contributed by atoms with Crippen molar-refractivity contribution in [2.75, 3.05) is 26.2 Å². The van der Waals surface area contributed by atoms with Crippen LogP contribution in [-0.4, -0.2) is 37.3 Å². The van der Waals surface area contributed by atoms with Gasteiger partial charge in [0.15, 0.2) is 5.22 Å². The Morgan fingerprint density at radius 2 is 2.00 bits per heavy atom. The molecule has 1 fully saturated rings. The minimum atomic E-state index is -4.15. The largest absolute Gasteiger partial charge is 0.448 e. The Balaban J connectivity index is 2.08. The van der Waals surface area contributed by atoms with Gasteiger partial charge in [-0.3, -0.25) is 4.90 Å². The summed E-state index contributed by atoms with van der Waals surface area (Å²) in [5.74, 6) is 0.510. The van der Waals surface area contributed by atoms with Crippen LogP contribution in [0.25, 0.3) is 0 Å². The molecule has 0 unspecified atom stereocenters. The van der Waals surface area contributed by atoms with Crippen molar-refractivity contribution in [3.05, 3.63) is 23.1 Å². The van der Waals surface area contributed by atoms with Gasteiger partial charge in [0, 0.05) is 32.6 Å². The normalized spacial score (nSPS) is 19.6. The minimum Gasteiger partial charge on any atom is -0.448 e. The lowest BCUT2D eigenvalue weighted by Crippen LogP contribution is -2.45. The highest BCUT2D eigenvalue weighted by atomic mass is 35.5. The molecule has 0 aromatic carbocycles. The molecule has 2 rings (SSSR count). The van der Waals surface area contributed by atoms with Crippen molar-refractivity contribution in [3.8, 4) is 0 Å². The molecule has 1 atom stereocenters. The molecule has 1 saturated heterocycles. The van der Waals surface area contributed by atoms with E-state index in [2.05, 4.69) is 5.32 Å². The number of hydrogen-bond acceptors (Lipinski definition) is 3. The lowest BCUT2D eigenvalue weighted by Gasteiger charge is -2.34. The van der Waals surface area contributed by atoms with Crippen molar-refractivity contribution in [1.29, 1.82) is 0 Å². The van der Waals surface area contributed by atoms with E-state index in [0.29, 0.717) is 18.8 Å². The summed E-state index contributed by atoms with van der Waals surface area (Å²) in [5.41, 5.74) is 0. The molecule has 1 aromatic heterocycles. The molecule has 3 nitrogen and oxygen atoms in total. The highest BCUT2D eigenvalue weighted by Gasteiger charge is 2.32. The van der Waals surface area contributed by atoms with Gasteiger partial charge in [0.2, 0.25) is 0 Å². The van der Waals surface area contributed by atoms with Crippen molar-refractivity contribution in [2.24, 2.45) is 0 Å². The Morgan fingerprint density at radius 3 is 2.53 bits per heavy atom. The molecule has 0 bridgehead atoms. The van der Waals surface area contributed by atoms with Crippen LogP contribution in [0.15, 0.2) is 16.5 Å². The molecule has 0 radical (unpaired) electrons.